The second-order valence-electron chi connectivity index (χ2n) is 7.37. The minimum atomic E-state index is -0.876. The van der Waals surface area contributed by atoms with Gasteiger partial charge in [0, 0.05) is 11.1 Å². The van der Waals surface area contributed by atoms with Crippen LogP contribution in [0.4, 0.5) is 8.78 Å². The van der Waals surface area contributed by atoms with E-state index in [9.17, 15) is 8.78 Å². The lowest BCUT2D eigenvalue weighted by molar-refractivity contribution is 0.263. The molecule has 0 bridgehead atoms. The number of ether oxygens (including phenoxy) is 4. The van der Waals surface area contributed by atoms with E-state index in [-0.39, 0.29) is 23.3 Å². The van der Waals surface area contributed by atoms with Crippen molar-refractivity contribution in [2.45, 2.75) is 12.2 Å². The van der Waals surface area contributed by atoms with Crippen LogP contribution in [0, 0.1) is 11.6 Å². The van der Waals surface area contributed by atoms with Crippen molar-refractivity contribution in [1.82, 2.24) is 0 Å². The highest BCUT2D eigenvalue weighted by molar-refractivity contribution is 5.72. The molecule has 5 rings (SSSR count). The summed E-state index contributed by atoms with van der Waals surface area (Å²) >= 11 is 0. The van der Waals surface area contributed by atoms with Gasteiger partial charge >= 0.3 is 0 Å². The van der Waals surface area contributed by atoms with Gasteiger partial charge in [-0.2, -0.15) is 0 Å². The monoisotopic (exact) mass is 410 g/mol. The summed E-state index contributed by atoms with van der Waals surface area (Å²) in [5, 5.41) is 0. The van der Waals surface area contributed by atoms with Crippen LogP contribution in [0.5, 0.6) is 11.5 Å². The Balaban J connectivity index is 1.32. The lowest BCUT2D eigenvalue weighted by Gasteiger charge is -2.11. The first-order valence-electron chi connectivity index (χ1n) is 9.85. The zero-order valence-electron chi connectivity index (χ0n) is 16.1. The van der Waals surface area contributed by atoms with Gasteiger partial charge in [-0.05, 0) is 35.4 Å². The molecule has 0 aliphatic carbocycles. The van der Waals surface area contributed by atoms with Gasteiger partial charge in [-0.3, -0.25) is 0 Å². The molecule has 2 atom stereocenters. The van der Waals surface area contributed by atoms with Crippen molar-refractivity contribution in [3.8, 4) is 33.8 Å². The number of epoxide rings is 2. The van der Waals surface area contributed by atoms with Crippen LogP contribution in [-0.2, 0) is 9.47 Å². The van der Waals surface area contributed by atoms with E-state index in [0.29, 0.717) is 35.8 Å². The van der Waals surface area contributed by atoms with Crippen LogP contribution >= 0.6 is 0 Å². The normalized spacial score (nSPS) is 19.4. The molecule has 3 aromatic rings. The third-order valence-electron chi connectivity index (χ3n) is 5.09. The third-order valence-corrected chi connectivity index (χ3v) is 5.09. The smallest absolute Gasteiger partial charge is 0.167 e. The fourth-order valence-electron chi connectivity index (χ4n) is 3.16. The Hall–Kier alpha value is -2.96. The summed E-state index contributed by atoms with van der Waals surface area (Å²) in [5.41, 5.74) is 1.58. The minimum Gasteiger partial charge on any atom is -0.491 e. The molecule has 3 aromatic carbocycles. The molecular formula is C24H20F2O4. The molecule has 2 fully saturated rings. The Morgan fingerprint density at radius 2 is 1.00 bits per heavy atom. The quantitative estimate of drug-likeness (QED) is 0.498. The summed E-state index contributed by atoms with van der Waals surface area (Å²) in [6.45, 7) is 2.44. The summed E-state index contributed by atoms with van der Waals surface area (Å²) < 4.78 is 51.0. The highest BCUT2D eigenvalue weighted by Crippen LogP contribution is 2.33. The van der Waals surface area contributed by atoms with Gasteiger partial charge in [0.15, 0.2) is 11.6 Å². The molecular weight excluding hydrogens is 390 g/mol. The Morgan fingerprint density at radius 3 is 1.33 bits per heavy atom. The fourth-order valence-corrected chi connectivity index (χ4v) is 3.16. The van der Waals surface area contributed by atoms with Gasteiger partial charge in [0.1, 0.15) is 36.9 Å². The van der Waals surface area contributed by atoms with Gasteiger partial charge in [-0.15, -0.1) is 0 Å². The maximum atomic E-state index is 14.8. The van der Waals surface area contributed by atoms with E-state index in [4.69, 9.17) is 18.9 Å². The van der Waals surface area contributed by atoms with E-state index in [0.717, 1.165) is 13.2 Å². The molecule has 2 aliphatic rings. The maximum Gasteiger partial charge on any atom is 0.167 e. The van der Waals surface area contributed by atoms with Crippen molar-refractivity contribution < 1.29 is 27.7 Å². The highest BCUT2D eigenvalue weighted by Gasteiger charge is 2.24. The Bertz CT molecular complexity index is 942. The number of rotatable bonds is 8. The van der Waals surface area contributed by atoms with Crippen molar-refractivity contribution in [2.24, 2.45) is 0 Å². The molecule has 2 aliphatic heterocycles. The molecule has 6 heteroatoms. The standard InChI is InChI=1S/C24H20F2O4/c25-23-21(15-1-5-17(6-2-15)27-11-19-13-29-19)9-10-22(24(23)26)16-3-7-18(8-4-16)28-12-20-14-30-20/h1-10,19-20H,11-14H2. The molecule has 0 spiro atoms. The summed E-state index contributed by atoms with van der Waals surface area (Å²) in [4.78, 5) is 0. The average Bonchev–Trinajstić information content (AvgIpc) is 3.69. The first-order chi connectivity index (χ1) is 14.7. The molecule has 30 heavy (non-hydrogen) atoms. The van der Waals surface area contributed by atoms with E-state index in [1.165, 1.54) is 0 Å². The lowest BCUT2D eigenvalue weighted by Crippen LogP contribution is -2.03. The second-order valence-corrected chi connectivity index (χ2v) is 7.37. The lowest BCUT2D eigenvalue weighted by atomic mass is 9.98. The second kappa shape index (κ2) is 8.05. The average molecular weight is 410 g/mol. The molecule has 154 valence electrons. The third kappa shape index (κ3) is 4.30. The summed E-state index contributed by atoms with van der Waals surface area (Å²) in [7, 11) is 0. The van der Waals surface area contributed by atoms with E-state index in [1.54, 1.807) is 60.7 Å². The SMILES string of the molecule is Fc1c(-c2ccc(OCC3CO3)cc2)ccc(-c2ccc(OCC3CO3)cc2)c1F. The van der Waals surface area contributed by atoms with Crippen LogP contribution in [0.1, 0.15) is 0 Å². The number of halogens is 2. The van der Waals surface area contributed by atoms with Crippen LogP contribution in [0.3, 0.4) is 0 Å². The fraction of sp³-hybridized carbons (Fsp3) is 0.250. The molecule has 0 N–H and O–H groups in total. The van der Waals surface area contributed by atoms with Crippen molar-refractivity contribution in [3.05, 3.63) is 72.3 Å². The van der Waals surface area contributed by atoms with E-state index < -0.39 is 11.6 Å². The van der Waals surface area contributed by atoms with Gasteiger partial charge in [0.05, 0.1) is 13.2 Å². The minimum absolute atomic E-state index is 0.164. The van der Waals surface area contributed by atoms with Crippen molar-refractivity contribution in [1.29, 1.82) is 0 Å². The largest absolute Gasteiger partial charge is 0.491 e. The highest BCUT2D eigenvalue weighted by atomic mass is 19.2. The Kier molecular flexibility index (Phi) is 5.11. The first-order valence-corrected chi connectivity index (χ1v) is 9.85. The van der Waals surface area contributed by atoms with Crippen molar-refractivity contribution >= 4 is 0 Å². The molecule has 0 amide bonds. The predicted molar refractivity (Wildman–Crippen MR) is 108 cm³/mol. The van der Waals surface area contributed by atoms with E-state index >= 15 is 0 Å². The molecule has 0 saturated carbocycles. The number of hydrogen-bond donors (Lipinski definition) is 0. The van der Waals surface area contributed by atoms with Crippen LogP contribution in [-0.4, -0.2) is 38.6 Å². The molecule has 4 nitrogen and oxygen atoms in total. The van der Waals surface area contributed by atoms with Gasteiger partial charge in [0.2, 0.25) is 0 Å². The molecule has 0 aromatic heterocycles. The first kappa shape index (κ1) is 19.0. The molecule has 2 unspecified atom stereocenters. The number of benzene rings is 3. The van der Waals surface area contributed by atoms with E-state index in [2.05, 4.69) is 0 Å². The summed E-state index contributed by atoms with van der Waals surface area (Å²) in [6, 6.07) is 17.0. The van der Waals surface area contributed by atoms with Gasteiger partial charge in [-0.1, -0.05) is 36.4 Å². The van der Waals surface area contributed by atoms with Crippen LogP contribution < -0.4 is 9.47 Å². The van der Waals surface area contributed by atoms with Gasteiger partial charge < -0.3 is 18.9 Å². The summed E-state index contributed by atoms with van der Waals surface area (Å²) in [6.07, 6.45) is 0.327. The molecule has 0 radical (unpaired) electrons. The topological polar surface area (TPSA) is 43.5 Å². The Morgan fingerprint density at radius 1 is 0.633 bits per heavy atom. The molecule has 2 heterocycles. The number of hydrogen-bond acceptors (Lipinski definition) is 4. The zero-order valence-corrected chi connectivity index (χ0v) is 16.1. The van der Waals surface area contributed by atoms with Gasteiger partial charge in [0.25, 0.3) is 0 Å². The Labute approximate surface area is 173 Å². The van der Waals surface area contributed by atoms with Crippen molar-refractivity contribution in [3.63, 3.8) is 0 Å². The predicted octanol–water partition coefficient (Wildman–Crippen LogP) is 4.85. The van der Waals surface area contributed by atoms with Crippen LogP contribution in [0.15, 0.2) is 60.7 Å². The van der Waals surface area contributed by atoms with E-state index in [1.807, 2.05) is 0 Å². The maximum absolute atomic E-state index is 14.8. The van der Waals surface area contributed by atoms with Crippen LogP contribution in [0.2, 0.25) is 0 Å². The summed E-state index contributed by atoms with van der Waals surface area (Å²) in [5.74, 6) is -0.415. The molecule has 2 saturated heterocycles. The van der Waals surface area contributed by atoms with Crippen LogP contribution in [0.25, 0.3) is 22.3 Å². The van der Waals surface area contributed by atoms with Gasteiger partial charge in [-0.25, -0.2) is 8.78 Å². The van der Waals surface area contributed by atoms with Crippen molar-refractivity contribution in [2.75, 3.05) is 26.4 Å². The zero-order chi connectivity index (χ0) is 20.5.